The SMILES string of the molecule is COc1cc(OC2CCCC(N)C2)cc([N+](=O)[O-])c1. The van der Waals surface area contributed by atoms with Gasteiger partial charge < -0.3 is 15.2 Å². The molecule has 0 saturated heterocycles. The fraction of sp³-hybridized carbons (Fsp3) is 0.538. The molecule has 1 saturated carbocycles. The van der Waals surface area contributed by atoms with Gasteiger partial charge >= 0.3 is 0 Å². The summed E-state index contributed by atoms with van der Waals surface area (Å²) in [5.41, 5.74) is 5.87. The first-order chi connectivity index (χ1) is 9.08. The second kappa shape index (κ2) is 5.88. The van der Waals surface area contributed by atoms with E-state index in [0.717, 1.165) is 25.7 Å². The molecular weight excluding hydrogens is 248 g/mol. The molecule has 1 aliphatic rings. The van der Waals surface area contributed by atoms with Gasteiger partial charge in [0.15, 0.2) is 0 Å². The number of nitrogens with two attached hydrogens (primary N) is 1. The Bertz CT molecular complexity index is 464. The molecule has 2 N–H and O–H groups in total. The molecule has 0 aliphatic heterocycles. The van der Waals surface area contributed by atoms with Gasteiger partial charge in [0.2, 0.25) is 0 Å². The van der Waals surface area contributed by atoms with Crippen LogP contribution in [0.1, 0.15) is 25.7 Å². The third-order valence-electron chi connectivity index (χ3n) is 3.28. The summed E-state index contributed by atoms with van der Waals surface area (Å²) in [7, 11) is 1.47. The van der Waals surface area contributed by atoms with Crippen molar-refractivity contribution in [2.75, 3.05) is 7.11 Å². The van der Waals surface area contributed by atoms with E-state index >= 15 is 0 Å². The Morgan fingerprint density at radius 3 is 2.68 bits per heavy atom. The van der Waals surface area contributed by atoms with Crippen molar-refractivity contribution in [2.45, 2.75) is 37.8 Å². The van der Waals surface area contributed by atoms with Gasteiger partial charge in [-0.3, -0.25) is 10.1 Å². The van der Waals surface area contributed by atoms with Gasteiger partial charge in [-0.15, -0.1) is 0 Å². The second-order valence-electron chi connectivity index (χ2n) is 4.79. The Morgan fingerprint density at radius 1 is 1.32 bits per heavy atom. The van der Waals surface area contributed by atoms with Gasteiger partial charge in [-0.25, -0.2) is 0 Å². The number of nitro benzene ring substituents is 1. The van der Waals surface area contributed by atoms with Gasteiger partial charge in [0.05, 0.1) is 24.2 Å². The predicted octanol–water partition coefficient (Wildman–Crippen LogP) is 2.25. The summed E-state index contributed by atoms with van der Waals surface area (Å²) in [6.45, 7) is 0. The van der Waals surface area contributed by atoms with Gasteiger partial charge in [-0.2, -0.15) is 0 Å². The normalized spacial score (nSPS) is 22.8. The molecule has 1 aromatic rings. The van der Waals surface area contributed by atoms with E-state index < -0.39 is 4.92 Å². The minimum absolute atomic E-state index is 0.0236. The molecule has 1 aliphatic carbocycles. The molecule has 19 heavy (non-hydrogen) atoms. The van der Waals surface area contributed by atoms with Gasteiger partial charge in [0.25, 0.3) is 5.69 Å². The highest BCUT2D eigenvalue weighted by Crippen LogP contribution is 2.30. The average Bonchev–Trinajstić information content (AvgIpc) is 2.38. The Balaban J connectivity index is 2.14. The van der Waals surface area contributed by atoms with Crippen LogP contribution in [0.2, 0.25) is 0 Å². The molecule has 0 aromatic heterocycles. The first kappa shape index (κ1) is 13.6. The van der Waals surface area contributed by atoms with Gasteiger partial charge in [0.1, 0.15) is 17.6 Å². The number of nitro groups is 1. The standard InChI is InChI=1S/C13H18N2O4/c1-18-12-6-10(15(16)17)7-13(8-12)19-11-4-2-3-9(14)5-11/h6-9,11H,2-5,14H2,1H3. The molecule has 0 bridgehead atoms. The van der Waals surface area contributed by atoms with Crippen molar-refractivity contribution in [1.29, 1.82) is 0 Å². The number of ether oxygens (including phenoxy) is 2. The molecule has 104 valence electrons. The fourth-order valence-electron chi connectivity index (χ4n) is 2.33. The number of hydrogen-bond acceptors (Lipinski definition) is 5. The second-order valence-corrected chi connectivity index (χ2v) is 4.79. The highest BCUT2D eigenvalue weighted by atomic mass is 16.6. The maximum absolute atomic E-state index is 10.8. The monoisotopic (exact) mass is 266 g/mol. The Hall–Kier alpha value is -1.82. The van der Waals surface area contributed by atoms with E-state index in [1.165, 1.54) is 19.2 Å². The van der Waals surface area contributed by atoms with Crippen LogP contribution in [0, 0.1) is 10.1 Å². The number of benzene rings is 1. The zero-order valence-corrected chi connectivity index (χ0v) is 10.9. The summed E-state index contributed by atoms with van der Waals surface area (Å²) in [4.78, 5) is 10.4. The van der Waals surface area contributed by atoms with Crippen LogP contribution < -0.4 is 15.2 Å². The highest BCUT2D eigenvalue weighted by Gasteiger charge is 2.21. The minimum Gasteiger partial charge on any atom is -0.496 e. The molecular formula is C13H18N2O4. The maximum Gasteiger partial charge on any atom is 0.276 e. The zero-order chi connectivity index (χ0) is 13.8. The molecule has 0 radical (unpaired) electrons. The summed E-state index contributed by atoms with van der Waals surface area (Å²) in [6, 6.07) is 4.61. The molecule has 2 rings (SSSR count). The summed E-state index contributed by atoms with van der Waals surface area (Å²) in [5, 5.41) is 10.8. The van der Waals surface area contributed by atoms with Crippen molar-refractivity contribution in [3.63, 3.8) is 0 Å². The molecule has 6 nitrogen and oxygen atoms in total. The predicted molar refractivity (Wildman–Crippen MR) is 70.5 cm³/mol. The molecule has 1 aromatic carbocycles. The number of rotatable bonds is 4. The molecule has 1 fully saturated rings. The molecule has 0 spiro atoms. The summed E-state index contributed by atoms with van der Waals surface area (Å²) in [5.74, 6) is 0.884. The first-order valence-electron chi connectivity index (χ1n) is 6.34. The third kappa shape index (κ3) is 3.57. The van der Waals surface area contributed by atoms with Crippen molar-refractivity contribution >= 4 is 5.69 Å². The van der Waals surface area contributed by atoms with Crippen LogP contribution in [0.4, 0.5) is 5.69 Å². The zero-order valence-electron chi connectivity index (χ0n) is 10.9. The van der Waals surface area contributed by atoms with Crippen LogP contribution in [0.3, 0.4) is 0 Å². The maximum atomic E-state index is 10.8. The lowest BCUT2D eigenvalue weighted by atomic mass is 9.93. The van der Waals surface area contributed by atoms with E-state index in [2.05, 4.69) is 0 Å². The van der Waals surface area contributed by atoms with Crippen molar-refractivity contribution in [2.24, 2.45) is 5.73 Å². The fourth-order valence-corrected chi connectivity index (χ4v) is 2.33. The molecule has 0 heterocycles. The van der Waals surface area contributed by atoms with Crippen molar-refractivity contribution in [1.82, 2.24) is 0 Å². The quantitative estimate of drug-likeness (QED) is 0.667. The van der Waals surface area contributed by atoms with E-state index in [1.54, 1.807) is 6.07 Å². The van der Waals surface area contributed by atoms with E-state index in [-0.39, 0.29) is 17.8 Å². The third-order valence-corrected chi connectivity index (χ3v) is 3.28. The van der Waals surface area contributed by atoms with Crippen LogP contribution in [-0.2, 0) is 0 Å². The molecule has 2 atom stereocenters. The summed E-state index contributed by atoms with van der Waals surface area (Å²) in [6.07, 6.45) is 3.77. The summed E-state index contributed by atoms with van der Waals surface area (Å²) < 4.78 is 10.8. The first-order valence-corrected chi connectivity index (χ1v) is 6.34. The van der Waals surface area contributed by atoms with Gasteiger partial charge in [0, 0.05) is 12.1 Å². The van der Waals surface area contributed by atoms with E-state index in [9.17, 15) is 10.1 Å². The smallest absolute Gasteiger partial charge is 0.276 e. The van der Waals surface area contributed by atoms with Crippen LogP contribution in [0.25, 0.3) is 0 Å². The lowest BCUT2D eigenvalue weighted by molar-refractivity contribution is -0.385. The van der Waals surface area contributed by atoms with E-state index in [1.807, 2.05) is 0 Å². The van der Waals surface area contributed by atoms with Gasteiger partial charge in [-0.05, 0) is 25.7 Å². The lowest BCUT2D eigenvalue weighted by Crippen LogP contribution is -2.33. The topological polar surface area (TPSA) is 87.6 Å². The largest absolute Gasteiger partial charge is 0.496 e. The lowest BCUT2D eigenvalue weighted by Gasteiger charge is -2.27. The van der Waals surface area contributed by atoms with Crippen LogP contribution in [0.15, 0.2) is 18.2 Å². The van der Waals surface area contributed by atoms with Gasteiger partial charge in [-0.1, -0.05) is 0 Å². The summed E-state index contributed by atoms with van der Waals surface area (Å²) >= 11 is 0. The Labute approximate surface area is 111 Å². The van der Waals surface area contributed by atoms with E-state index in [0.29, 0.717) is 11.5 Å². The van der Waals surface area contributed by atoms with Crippen molar-refractivity contribution in [3.8, 4) is 11.5 Å². The molecule has 6 heteroatoms. The Morgan fingerprint density at radius 2 is 2.05 bits per heavy atom. The van der Waals surface area contributed by atoms with E-state index in [4.69, 9.17) is 15.2 Å². The van der Waals surface area contributed by atoms with Crippen molar-refractivity contribution < 1.29 is 14.4 Å². The number of hydrogen-bond donors (Lipinski definition) is 1. The number of nitrogens with zero attached hydrogens (tertiary/aromatic N) is 1. The molecule has 0 amide bonds. The highest BCUT2D eigenvalue weighted by molar-refractivity contribution is 5.46. The van der Waals surface area contributed by atoms with Crippen LogP contribution in [0.5, 0.6) is 11.5 Å². The Kier molecular flexibility index (Phi) is 4.21. The minimum atomic E-state index is -0.456. The van der Waals surface area contributed by atoms with Crippen molar-refractivity contribution in [3.05, 3.63) is 28.3 Å². The van der Waals surface area contributed by atoms with Crippen LogP contribution >= 0.6 is 0 Å². The number of methoxy groups -OCH3 is 1. The van der Waals surface area contributed by atoms with Crippen LogP contribution in [-0.4, -0.2) is 24.2 Å². The number of non-ortho nitro benzene ring substituents is 1. The average molecular weight is 266 g/mol. The molecule has 2 unspecified atom stereocenters.